The topological polar surface area (TPSA) is 30.5 Å². The zero-order valence-electron chi connectivity index (χ0n) is 10.7. The Kier molecular flexibility index (Phi) is 5.47. The lowest BCUT2D eigenvalue weighted by atomic mass is 10.2. The fraction of sp³-hybridized carbons (Fsp3) is 0.571. The molecule has 1 aliphatic carbocycles. The normalized spacial score (nSPS) is 14.8. The summed E-state index contributed by atoms with van der Waals surface area (Å²) in [4.78, 5) is 0. The van der Waals surface area contributed by atoms with Gasteiger partial charge in [-0.3, -0.25) is 0 Å². The van der Waals surface area contributed by atoms with Crippen LogP contribution in [0.2, 0.25) is 0 Å². The van der Waals surface area contributed by atoms with E-state index in [9.17, 15) is 0 Å². The first kappa shape index (κ1) is 13.8. The van der Waals surface area contributed by atoms with Gasteiger partial charge in [-0.25, -0.2) is 0 Å². The van der Waals surface area contributed by atoms with E-state index in [4.69, 9.17) is 9.47 Å². The van der Waals surface area contributed by atoms with Crippen molar-refractivity contribution in [1.82, 2.24) is 5.32 Å². The minimum atomic E-state index is 0.602. The molecule has 0 aliphatic heterocycles. The molecule has 1 aromatic carbocycles. The van der Waals surface area contributed by atoms with Gasteiger partial charge >= 0.3 is 0 Å². The van der Waals surface area contributed by atoms with Gasteiger partial charge in [-0.1, -0.05) is 15.9 Å². The number of halogens is 1. The molecular weight excluding hydrogens is 294 g/mol. The van der Waals surface area contributed by atoms with Crippen LogP contribution in [0.5, 0.6) is 5.75 Å². The summed E-state index contributed by atoms with van der Waals surface area (Å²) in [5, 5.41) is 3.51. The molecule has 1 saturated carbocycles. The Morgan fingerprint density at radius 1 is 1.33 bits per heavy atom. The summed E-state index contributed by atoms with van der Waals surface area (Å²) in [7, 11) is 0. The van der Waals surface area contributed by atoms with Crippen molar-refractivity contribution in [1.29, 1.82) is 0 Å². The minimum Gasteiger partial charge on any atom is -0.491 e. The molecule has 1 aliphatic rings. The first-order valence-corrected chi connectivity index (χ1v) is 7.31. The van der Waals surface area contributed by atoms with Crippen molar-refractivity contribution in [3.63, 3.8) is 0 Å². The lowest BCUT2D eigenvalue weighted by Crippen LogP contribution is -2.15. The summed E-state index contributed by atoms with van der Waals surface area (Å²) in [5.41, 5.74) is 1.25. The van der Waals surface area contributed by atoms with Crippen molar-refractivity contribution in [2.75, 3.05) is 19.8 Å². The number of ether oxygens (including phenoxy) is 2. The largest absolute Gasteiger partial charge is 0.491 e. The maximum absolute atomic E-state index is 5.65. The van der Waals surface area contributed by atoms with Crippen molar-refractivity contribution >= 4 is 15.9 Å². The van der Waals surface area contributed by atoms with Gasteiger partial charge in [0.1, 0.15) is 12.4 Å². The molecule has 3 nitrogen and oxygen atoms in total. The molecule has 4 heteroatoms. The van der Waals surface area contributed by atoms with Crippen LogP contribution in [0.4, 0.5) is 0 Å². The molecule has 18 heavy (non-hydrogen) atoms. The predicted molar refractivity (Wildman–Crippen MR) is 76.0 cm³/mol. The Morgan fingerprint density at radius 2 is 2.17 bits per heavy atom. The SMILES string of the molecule is CCOCCOc1ccc(Br)c(CNC2CC2)c1. The monoisotopic (exact) mass is 313 g/mol. The van der Waals surface area contributed by atoms with Gasteiger partial charge in [0.2, 0.25) is 0 Å². The number of nitrogens with one attached hydrogen (secondary N) is 1. The van der Waals surface area contributed by atoms with E-state index in [0.717, 1.165) is 29.4 Å². The standard InChI is InChI=1S/C14H20BrNO2/c1-2-17-7-8-18-13-5-6-14(15)11(9-13)10-16-12-3-4-12/h5-6,9,12,16H,2-4,7-8,10H2,1H3. The Bertz CT molecular complexity index is 380. The van der Waals surface area contributed by atoms with E-state index in [1.165, 1.54) is 18.4 Å². The maximum Gasteiger partial charge on any atom is 0.119 e. The Morgan fingerprint density at radius 3 is 2.89 bits per heavy atom. The molecule has 0 aromatic heterocycles. The van der Waals surface area contributed by atoms with Gasteiger partial charge in [0, 0.05) is 23.7 Å². The van der Waals surface area contributed by atoms with Gasteiger partial charge in [-0.15, -0.1) is 0 Å². The summed E-state index contributed by atoms with van der Waals surface area (Å²) < 4.78 is 12.0. The molecule has 0 heterocycles. The highest BCUT2D eigenvalue weighted by atomic mass is 79.9. The zero-order valence-corrected chi connectivity index (χ0v) is 12.3. The third-order valence-electron chi connectivity index (χ3n) is 2.88. The molecule has 0 bridgehead atoms. The number of hydrogen-bond donors (Lipinski definition) is 1. The van der Waals surface area contributed by atoms with Gasteiger partial charge in [-0.2, -0.15) is 0 Å². The van der Waals surface area contributed by atoms with Crippen LogP contribution in [0.15, 0.2) is 22.7 Å². The Labute approximate surface area is 117 Å². The van der Waals surface area contributed by atoms with Gasteiger partial charge < -0.3 is 14.8 Å². The van der Waals surface area contributed by atoms with E-state index in [0.29, 0.717) is 13.2 Å². The lowest BCUT2D eigenvalue weighted by Gasteiger charge is -2.10. The predicted octanol–water partition coefficient (Wildman–Crippen LogP) is 3.12. The summed E-state index contributed by atoms with van der Waals surface area (Å²) in [6.45, 7) is 4.86. The fourth-order valence-electron chi connectivity index (χ4n) is 1.68. The lowest BCUT2D eigenvalue weighted by molar-refractivity contribution is 0.110. The number of hydrogen-bond acceptors (Lipinski definition) is 3. The second-order valence-electron chi connectivity index (χ2n) is 4.45. The van der Waals surface area contributed by atoms with Crippen molar-refractivity contribution in [2.24, 2.45) is 0 Å². The second kappa shape index (κ2) is 7.12. The van der Waals surface area contributed by atoms with Crippen LogP contribution in [0.3, 0.4) is 0 Å². The highest BCUT2D eigenvalue weighted by molar-refractivity contribution is 9.10. The molecule has 100 valence electrons. The summed E-state index contributed by atoms with van der Waals surface area (Å²) in [5.74, 6) is 0.908. The van der Waals surface area contributed by atoms with Crippen LogP contribution in [0, 0.1) is 0 Å². The van der Waals surface area contributed by atoms with Crippen LogP contribution < -0.4 is 10.1 Å². The van der Waals surface area contributed by atoms with Gasteiger partial charge in [0.05, 0.1) is 6.61 Å². The van der Waals surface area contributed by atoms with Crippen molar-refractivity contribution < 1.29 is 9.47 Å². The molecular formula is C14H20BrNO2. The fourth-order valence-corrected chi connectivity index (χ4v) is 2.07. The molecule has 0 radical (unpaired) electrons. The number of rotatable bonds is 8. The van der Waals surface area contributed by atoms with E-state index in [1.807, 2.05) is 19.1 Å². The van der Waals surface area contributed by atoms with Gasteiger partial charge in [-0.05, 0) is 43.5 Å². The summed E-state index contributed by atoms with van der Waals surface area (Å²) >= 11 is 3.57. The van der Waals surface area contributed by atoms with Crippen LogP contribution >= 0.6 is 15.9 Å². The molecule has 1 fully saturated rings. The van der Waals surface area contributed by atoms with Crippen LogP contribution in [0.25, 0.3) is 0 Å². The van der Waals surface area contributed by atoms with Crippen LogP contribution in [-0.4, -0.2) is 25.9 Å². The molecule has 0 atom stereocenters. The van der Waals surface area contributed by atoms with E-state index in [1.54, 1.807) is 0 Å². The molecule has 1 N–H and O–H groups in total. The van der Waals surface area contributed by atoms with Crippen molar-refractivity contribution in [3.8, 4) is 5.75 Å². The molecule has 0 amide bonds. The van der Waals surface area contributed by atoms with Crippen LogP contribution in [0.1, 0.15) is 25.3 Å². The highest BCUT2D eigenvalue weighted by Crippen LogP contribution is 2.25. The second-order valence-corrected chi connectivity index (χ2v) is 5.31. The van der Waals surface area contributed by atoms with Crippen molar-refractivity contribution in [2.45, 2.75) is 32.4 Å². The molecule has 0 unspecified atom stereocenters. The Balaban J connectivity index is 1.83. The maximum atomic E-state index is 5.65. The smallest absolute Gasteiger partial charge is 0.119 e. The van der Waals surface area contributed by atoms with E-state index < -0.39 is 0 Å². The van der Waals surface area contributed by atoms with E-state index >= 15 is 0 Å². The summed E-state index contributed by atoms with van der Waals surface area (Å²) in [6, 6.07) is 6.83. The van der Waals surface area contributed by atoms with E-state index in [-0.39, 0.29) is 0 Å². The first-order valence-electron chi connectivity index (χ1n) is 6.52. The first-order chi connectivity index (χ1) is 8.79. The molecule has 0 spiro atoms. The van der Waals surface area contributed by atoms with Gasteiger partial charge in [0.15, 0.2) is 0 Å². The molecule has 0 saturated heterocycles. The van der Waals surface area contributed by atoms with Crippen LogP contribution in [-0.2, 0) is 11.3 Å². The quantitative estimate of drug-likeness (QED) is 0.748. The average molecular weight is 314 g/mol. The third kappa shape index (κ3) is 4.59. The molecule has 2 rings (SSSR count). The zero-order chi connectivity index (χ0) is 12.8. The van der Waals surface area contributed by atoms with Gasteiger partial charge in [0.25, 0.3) is 0 Å². The minimum absolute atomic E-state index is 0.602. The third-order valence-corrected chi connectivity index (χ3v) is 3.65. The Hall–Kier alpha value is -0.580. The van der Waals surface area contributed by atoms with E-state index in [2.05, 4.69) is 27.3 Å². The average Bonchev–Trinajstić information content (AvgIpc) is 3.19. The number of benzene rings is 1. The molecule has 1 aromatic rings. The van der Waals surface area contributed by atoms with Crippen molar-refractivity contribution in [3.05, 3.63) is 28.2 Å². The summed E-state index contributed by atoms with van der Waals surface area (Å²) in [6.07, 6.45) is 2.62. The highest BCUT2D eigenvalue weighted by Gasteiger charge is 2.20.